The van der Waals surface area contributed by atoms with Crippen LogP contribution in [-0.2, 0) is 16.0 Å². The van der Waals surface area contributed by atoms with Gasteiger partial charge in [0.2, 0.25) is 11.8 Å². The van der Waals surface area contributed by atoms with E-state index in [0.717, 1.165) is 29.3 Å². The van der Waals surface area contributed by atoms with Crippen LogP contribution in [0, 0.1) is 12.5 Å². The summed E-state index contributed by atoms with van der Waals surface area (Å²) < 4.78 is 6.00. The van der Waals surface area contributed by atoms with Crippen molar-refractivity contribution < 1.29 is 14.3 Å². The molecule has 0 spiro atoms. The molecule has 2 atom stereocenters. The molecule has 1 aliphatic rings. The molecule has 0 saturated carbocycles. The first-order valence-corrected chi connectivity index (χ1v) is 10.8. The van der Waals surface area contributed by atoms with Crippen molar-refractivity contribution in [3.05, 3.63) is 65.6 Å². The Bertz CT molecular complexity index is 1180. The predicted octanol–water partition coefficient (Wildman–Crippen LogP) is 4.96. The third-order valence-electron chi connectivity index (χ3n) is 5.75. The molecule has 2 amide bonds. The summed E-state index contributed by atoms with van der Waals surface area (Å²) in [5.41, 5.74) is 2.74. The Morgan fingerprint density at radius 2 is 2.00 bits per heavy atom. The lowest BCUT2D eigenvalue weighted by Crippen LogP contribution is -2.38. The van der Waals surface area contributed by atoms with Crippen molar-refractivity contribution in [2.75, 3.05) is 11.9 Å². The Balaban J connectivity index is 1.48. The second-order valence-electron chi connectivity index (χ2n) is 8.22. The summed E-state index contributed by atoms with van der Waals surface area (Å²) in [5.74, 6) is 1.08. The molecule has 2 heterocycles. The van der Waals surface area contributed by atoms with Gasteiger partial charge in [0.15, 0.2) is 0 Å². The number of ether oxygens (including phenoxy) is 1. The molecule has 1 fully saturated rings. The first kappa shape index (κ1) is 21.4. The Kier molecular flexibility index (Phi) is 6.13. The zero-order valence-electron chi connectivity index (χ0n) is 18.2. The largest absolute Gasteiger partial charge is 0.457 e. The summed E-state index contributed by atoms with van der Waals surface area (Å²) in [7, 11) is 0. The van der Waals surface area contributed by atoms with Gasteiger partial charge in [-0.2, -0.15) is 0 Å². The number of hydrogen-bond donors (Lipinski definition) is 2. The summed E-state index contributed by atoms with van der Waals surface area (Å²) in [6, 6.07) is 13.0. The highest BCUT2D eigenvalue weighted by molar-refractivity contribution is 5.88. The van der Waals surface area contributed by atoms with Gasteiger partial charge in [0.05, 0.1) is 0 Å². The van der Waals surface area contributed by atoms with Gasteiger partial charge in [0.25, 0.3) is 0 Å². The highest BCUT2D eigenvalue weighted by Gasteiger charge is 2.35. The average Bonchev–Trinajstić information content (AvgIpc) is 3.41. The highest BCUT2D eigenvalue weighted by Crippen LogP contribution is 2.30. The van der Waals surface area contributed by atoms with E-state index in [4.69, 9.17) is 11.3 Å². The fraction of sp³-hybridized carbons (Fsp3) is 0.320. The Labute approximate surface area is 187 Å². The third-order valence-corrected chi connectivity index (χ3v) is 5.75. The van der Waals surface area contributed by atoms with Crippen LogP contribution in [0.15, 0.2) is 48.7 Å². The standard InChI is InChI=1S/C25H26N4O3/c1-16(25(31)29-12-4-5-24(29)26-3)13-18-15-27-23-11-10-21(14-22(18)23)32-20-8-6-19(7-9-20)28-17(2)30/h6-11,14-16,24,27H,4-5,12-13H2,1-2H3,(H,28,30)/t16-,24-/m0/s1. The fourth-order valence-corrected chi connectivity index (χ4v) is 4.18. The fourth-order valence-electron chi connectivity index (χ4n) is 4.18. The molecular formula is C25H26N4O3. The number of rotatable bonds is 6. The maximum atomic E-state index is 12.9. The number of carbonyl (C=O) groups is 2. The van der Waals surface area contributed by atoms with Crippen LogP contribution in [0.5, 0.6) is 11.5 Å². The summed E-state index contributed by atoms with van der Waals surface area (Å²) in [6.07, 6.45) is 3.88. The topological polar surface area (TPSA) is 78.8 Å². The van der Waals surface area contributed by atoms with Crippen molar-refractivity contribution >= 4 is 28.4 Å². The second-order valence-corrected chi connectivity index (χ2v) is 8.22. The van der Waals surface area contributed by atoms with Crippen LogP contribution in [0.4, 0.5) is 5.69 Å². The molecule has 1 aliphatic heterocycles. The molecule has 164 valence electrons. The number of amides is 2. The molecule has 4 rings (SSSR count). The molecule has 1 aromatic heterocycles. The Morgan fingerprint density at radius 3 is 2.72 bits per heavy atom. The van der Waals surface area contributed by atoms with Crippen molar-refractivity contribution in [3.8, 4) is 11.5 Å². The first-order valence-electron chi connectivity index (χ1n) is 10.8. The van der Waals surface area contributed by atoms with Gasteiger partial charge in [-0.25, -0.2) is 6.57 Å². The van der Waals surface area contributed by atoms with Crippen LogP contribution in [-0.4, -0.2) is 34.4 Å². The molecular weight excluding hydrogens is 404 g/mol. The van der Waals surface area contributed by atoms with Crippen LogP contribution in [0.3, 0.4) is 0 Å². The maximum Gasteiger partial charge on any atom is 0.300 e. The predicted molar refractivity (Wildman–Crippen MR) is 123 cm³/mol. The number of hydrogen-bond acceptors (Lipinski definition) is 3. The Morgan fingerprint density at radius 1 is 1.25 bits per heavy atom. The first-order chi connectivity index (χ1) is 15.4. The van der Waals surface area contributed by atoms with Gasteiger partial charge in [-0.3, -0.25) is 19.3 Å². The second kappa shape index (κ2) is 9.15. The van der Waals surface area contributed by atoms with Crippen LogP contribution in [0.2, 0.25) is 0 Å². The van der Waals surface area contributed by atoms with Crippen LogP contribution in [0.1, 0.15) is 32.3 Å². The number of fused-ring (bicyclic) bond motifs is 1. The van der Waals surface area contributed by atoms with E-state index in [2.05, 4.69) is 15.1 Å². The van der Waals surface area contributed by atoms with Crippen LogP contribution >= 0.6 is 0 Å². The van der Waals surface area contributed by atoms with Gasteiger partial charge in [-0.15, -0.1) is 0 Å². The van der Waals surface area contributed by atoms with Crippen LogP contribution in [0.25, 0.3) is 15.7 Å². The van der Waals surface area contributed by atoms with E-state index in [1.54, 1.807) is 29.2 Å². The molecule has 3 aromatic rings. The Hall–Kier alpha value is -3.79. The SMILES string of the molecule is [C-]#[N+][C@@H]1CCCN1C(=O)[C@@H](C)Cc1c[nH]c2ccc(Oc3ccc(NC(C)=O)cc3)cc12. The zero-order chi connectivity index (χ0) is 22.7. The van der Waals surface area contributed by atoms with E-state index >= 15 is 0 Å². The lowest BCUT2D eigenvalue weighted by molar-refractivity contribution is -0.135. The number of nitrogens with one attached hydrogen (secondary N) is 2. The van der Waals surface area contributed by atoms with Crippen molar-refractivity contribution in [2.45, 2.75) is 39.3 Å². The van der Waals surface area contributed by atoms with E-state index in [-0.39, 0.29) is 23.9 Å². The van der Waals surface area contributed by atoms with Crippen molar-refractivity contribution in [3.63, 3.8) is 0 Å². The van der Waals surface area contributed by atoms with Crippen molar-refractivity contribution in [1.29, 1.82) is 0 Å². The lowest BCUT2D eigenvalue weighted by atomic mass is 9.99. The quantitative estimate of drug-likeness (QED) is 0.542. The normalized spacial score (nSPS) is 16.5. The number of anilines is 1. The van der Waals surface area contributed by atoms with Crippen molar-refractivity contribution in [2.24, 2.45) is 5.92 Å². The van der Waals surface area contributed by atoms with Gasteiger partial charge < -0.3 is 15.0 Å². The molecule has 2 N–H and O–H groups in total. The monoisotopic (exact) mass is 430 g/mol. The molecule has 32 heavy (non-hydrogen) atoms. The smallest absolute Gasteiger partial charge is 0.300 e. The van der Waals surface area contributed by atoms with E-state index in [9.17, 15) is 9.59 Å². The molecule has 2 aromatic carbocycles. The average molecular weight is 431 g/mol. The summed E-state index contributed by atoms with van der Waals surface area (Å²) >= 11 is 0. The number of likely N-dealkylation sites (tertiary alicyclic amines) is 1. The van der Waals surface area contributed by atoms with Gasteiger partial charge in [0, 0.05) is 48.6 Å². The molecule has 1 saturated heterocycles. The number of carbonyl (C=O) groups excluding carboxylic acids is 2. The van der Waals surface area contributed by atoms with E-state index in [1.165, 1.54) is 6.92 Å². The van der Waals surface area contributed by atoms with E-state index in [1.807, 2.05) is 31.3 Å². The van der Waals surface area contributed by atoms with E-state index < -0.39 is 0 Å². The molecule has 0 unspecified atom stereocenters. The minimum atomic E-state index is -0.315. The van der Waals surface area contributed by atoms with E-state index in [0.29, 0.717) is 30.2 Å². The van der Waals surface area contributed by atoms with Crippen molar-refractivity contribution in [1.82, 2.24) is 9.88 Å². The minimum absolute atomic E-state index is 0.0458. The minimum Gasteiger partial charge on any atom is -0.457 e. The summed E-state index contributed by atoms with van der Waals surface area (Å²) in [5, 5.41) is 3.75. The lowest BCUT2D eigenvalue weighted by Gasteiger charge is -2.20. The maximum absolute atomic E-state index is 12.9. The van der Waals surface area contributed by atoms with Gasteiger partial charge in [-0.05, 0) is 60.9 Å². The number of nitrogens with zero attached hydrogens (tertiary/aromatic N) is 2. The molecule has 0 bridgehead atoms. The molecule has 7 nitrogen and oxygen atoms in total. The van der Waals surface area contributed by atoms with Gasteiger partial charge in [0.1, 0.15) is 11.5 Å². The molecule has 0 aliphatic carbocycles. The zero-order valence-corrected chi connectivity index (χ0v) is 18.2. The number of benzene rings is 2. The van der Waals surface area contributed by atoms with Crippen LogP contribution < -0.4 is 10.1 Å². The van der Waals surface area contributed by atoms with Gasteiger partial charge >= 0.3 is 6.17 Å². The molecule has 0 radical (unpaired) electrons. The summed E-state index contributed by atoms with van der Waals surface area (Å²) in [4.78, 5) is 32.7. The highest BCUT2D eigenvalue weighted by atomic mass is 16.5. The number of aromatic nitrogens is 1. The molecule has 7 heteroatoms. The van der Waals surface area contributed by atoms with Gasteiger partial charge in [-0.1, -0.05) is 6.92 Å². The number of H-pyrrole nitrogens is 1. The summed E-state index contributed by atoms with van der Waals surface area (Å²) in [6.45, 7) is 11.4. The number of aromatic amines is 1. The third kappa shape index (κ3) is 4.59.